The van der Waals surface area contributed by atoms with E-state index in [1.165, 1.54) is 6.92 Å². The number of allylic oxidation sites excluding steroid dienone is 2. The lowest BCUT2D eigenvalue weighted by Crippen LogP contribution is -2.65. The Morgan fingerprint density at radius 2 is 1.70 bits per heavy atom. The monoisotopic (exact) mass is 670 g/mol. The molecule has 10 atom stereocenters. The molecule has 242 valence electrons. The van der Waals surface area contributed by atoms with Crippen LogP contribution in [0.2, 0.25) is 0 Å². The second-order valence-corrected chi connectivity index (χ2v) is 16.2. The summed E-state index contributed by atoms with van der Waals surface area (Å²) in [6.07, 6.45) is 3.81. The molecule has 4 aliphatic carbocycles. The Morgan fingerprint density at radius 1 is 1.00 bits per heavy atom. The molecule has 1 aromatic rings. The van der Waals surface area contributed by atoms with E-state index >= 15 is 0 Å². The van der Waals surface area contributed by atoms with E-state index in [1.807, 2.05) is 12.1 Å². The molecule has 7 heteroatoms. The molecule has 0 amide bonds. The second-order valence-electron chi connectivity index (χ2n) is 15.3. The van der Waals surface area contributed by atoms with Gasteiger partial charge in [0.05, 0.1) is 12.2 Å². The van der Waals surface area contributed by atoms with Crippen LogP contribution in [0.4, 0.5) is 0 Å². The highest BCUT2D eigenvalue weighted by Crippen LogP contribution is 2.74. The van der Waals surface area contributed by atoms with Crippen LogP contribution < -0.4 is 0 Å². The molecular weight excluding hydrogens is 620 g/mol. The number of carbonyl (C=O) groups is 2. The van der Waals surface area contributed by atoms with E-state index < -0.39 is 24.1 Å². The Morgan fingerprint density at radius 3 is 2.32 bits per heavy atom. The topological polar surface area (TPSA) is 104 Å². The van der Waals surface area contributed by atoms with Gasteiger partial charge in [-0.3, -0.25) is 4.79 Å². The lowest BCUT2D eigenvalue weighted by molar-refractivity contribution is -0.234. The fourth-order valence-corrected chi connectivity index (χ4v) is 11.3. The number of carboxylic acids is 1. The highest BCUT2D eigenvalue weighted by atomic mass is 79.9. The van der Waals surface area contributed by atoms with Crippen molar-refractivity contribution in [1.82, 2.24) is 0 Å². The first-order valence-corrected chi connectivity index (χ1v) is 17.3. The van der Waals surface area contributed by atoms with E-state index in [4.69, 9.17) is 4.74 Å². The quantitative estimate of drug-likeness (QED) is 0.210. The van der Waals surface area contributed by atoms with Gasteiger partial charge in [0.15, 0.2) is 0 Å². The van der Waals surface area contributed by atoms with Crippen molar-refractivity contribution >= 4 is 33.4 Å². The van der Waals surface area contributed by atoms with Crippen LogP contribution in [-0.2, 0) is 14.3 Å². The lowest BCUT2D eigenvalue weighted by Gasteiger charge is -2.69. The molecule has 0 aliphatic heterocycles. The molecule has 4 saturated carbocycles. The third-order valence-electron chi connectivity index (χ3n) is 13.0. The summed E-state index contributed by atoms with van der Waals surface area (Å²) in [7, 11) is 0. The number of esters is 1. The van der Waals surface area contributed by atoms with E-state index in [1.54, 1.807) is 0 Å². The molecule has 0 spiro atoms. The summed E-state index contributed by atoms with van der Waals surface area (Å²) in [5.74, 6) is -1.07. The number of carbonyl (C=O) groups excluding carboxylic acids is 1. The third-order valence-corrected chi connectivity index (χ3v) is 13.5. The molecule has 1 unspecified atom stereocenters. The Balaban J connectivity index is 1.58. The van der Waals surface area contributed by atoms with Gasteiger partial charge in [0, 0.05) is 17.0 Å². The first-order valence-electron chi connectivity index (χ1n) is 16.5. The minimum absolute atomic E-state index is 0.0179. The van der Waals surface area contributed by atoms with E-state index in [9.17, 15) is 24.9 Å². The number of aliphatic carboxylic acids is 1. The van der Waals surface area contributed by atoms with Crippen LogP contribution in [0, 0.1) is 39.9 Å². The molecule has 6 nitrogen and oxygen atoms in total. The number of halogens is 1. The van der Waals surface area contributed by atoms with Crippen LogP contribution >= 0.6 is 15.9 Å². The number of benzene rings is 1. The molecule has 44 heavy (non-hydrogen) atoms. The van der Waals surface area contributed by atoms with Crippen molar-refractivity contribution in [2.45, 2.75) is 118 Å². The summed E-state index contributed by atoms with van der Waals surface area (Å²) in [5, 5.41) is 33.6. The molecule has 0 aromatic heterocycles. The van der Waals surface area contributed by atoms with Crippen LogP contribution in [0.25, 0.3) is 5.57 Å². The first-order chi connectivity index (χ1) is 20.5. The number of rotatable bonds is 6. The van der Waals surface area contributed by atoms with Crippen LogP contribution in [0.1, 0.15) is 105 Å². The van der Waals surface area contributed by atoms with Gasteiger partial charge in [0.1, 0.15) is 6.10 Å². The summed E-state index contributed by atoms with van der Waals surface area (Å²) >= 11 is 3.57. The maximum absolute atomic E-state index is 13.1. The summed E-state index contributed by atoms with van der Waals surface area (Å²) in [6.45, 7) is 14.6. The minimum atomic E-state index is -0.976. The summed E-state index contributed by atoms with van der Waals surface area (Å²) in [5.41, 5.74) is 3.55. The van der Waals surface area contributed by atoms with Crippen LogP contribution in [0.5, 0.6) is 0 Å². The van der Waals surface area contributed by atoms with Crippen LogP contribution in [0.15, 0.2) is 45.5 Å². The molecule has 5 rings (SSSR count). The number of aliphatic hydroxyl groups excluding tert-OH is 2. The largest absolute Gasteiger partial charge is 0.478 e. The Hall–Kier alpha value is -1.96. The van der Waals surface area contributed by atoms with Crippen molar-refractivity contribution in [1.29, 1.82) is 0 Å². The fraction of sp³-hybridized carbons (Fsp3) is 0.676. The average Bonchev–Trinajstić information content (AvgIpc) is 3.19. The van der Waals surface area contributed by atoms with Crippen molar-refractivity contribution in [3.8, 4) is 0 Å². The Bertz CT molecular complexity index is 1380. The smallest absolute Gasteiger partial charge is 0.331 e. The molecule has 0 saturated heterocycles. The fourth-order valence-electron chi connectivity index (χ4n) is 10.9. The molecule has 4 aliphatic rings. The van der Waals surface area contributed by atoms with Crippen LogP contribution in [0.3, 0.4) is 0 Å². The zero-order valence-corrected chi connectivity index (χ0v) is 29.0. The molecule has 0 heterocycles. The summed E-state index contributed by atoms with van der Waals surface area (Å²) < 4.78 is 6.97. The van der Waals surface area contributed by atoms with Gasteiger partial charge in [-0.2, -0.15) is 0 Å². The number of hydrogen-bond acceptors (Lipinski definition) is 5. The van der Waals surface area contributed by atoms with Crippen molar-refractivity contribution in [3.05, 3.63) is 51.0 Å². The average molecular weight is 672 g/mol. The highest BCUT2D eigenvalue weighted by molar-refractivity contribution is 9.10. The molecule has 0 bridgehead atoms. The van der Waals surface area contributed by atoms with Crippen molar-refractivity contribution in [2.75, 3.05) is 0 Å². The maximum atomic E-state index is 13.1. The van der Waals surface area contributed by atoms with Gasteiger partial charge in [-0.15, -0.1) is 0 Å². The van der Waals surface area contributed by atoms with E-state index in [0.29, 0.717) is 42.7 Å². The number of fused-ring (bicyclic) bond motifs is 5. The van der Waals surface area contributed by atoms with Gasteiger partial charge in [-0.1, -0.05) is 61.3 Å². The van der Waals surface area contributed by atoms with Gasteiger partial charge in [-0.25, -0.2) is 4.79 Å². The normalized spacial score (nSPS) is 40.7. The van der Waals surface area contributed by atoms with Crippen molar-refractivity contribution in [2.24, 2.45) is 39.9 Å². The third kappa shape index (κ3) is 5.33. The lowest BCUT2D eigenvalue weighted by atomic mass is 9.36. The first kappa shape index (κ1) is 33.4. The molecule has 1 aromatic carbocycles. The zero-order valence-electron chi connectivity index (χ0n) is 27.5. The Labute approximate surface area is 271 Å². The van der Waals surface area contributed by atoms with E-state index in [2.05, 4.69) is 69.6 Å². The van der Waals surface area contributed by atoms with Gasteiger partial charge in [0.2, 0.25) is 0 Å². The predicted molar refractivity (Wildman–Crippen MR) is 176 cm³/mol. The predicted octanol–water partition coefficient (Wildman–Crippen LogP) is 7.96. The van der Waals surface area contributed by atoms with Crippen molar-refractivity contribution in [3.63, 3.8) is 0 Å². The summed E-state index contributed by atoms with van der Waals surface area (Å²) in [6, 6.07) is 8.08. The SMILES string of the molecule is CC(=O)O[C@H]1C[C@@]2(C)[C@H](C[C@@H](O)[C@@H]3[C@@]4(C)CC[C@@H](O)[C@@H](C)C4CC[C@@]32C)C1=C(CCC(=C(C)C)c1cccc(Br)c1)C(=O)O. The highest BCUT2D eigenvalue weighted by Gasteiger charge is 2.70. The Kier molecular flexibility index (Phi) is 9.11. The van der Waals surface area contributed by atoms with E-state index in [-0.39, 0.29) is 40.1 Å². The van der Waals surface area contributed by atoms with Gasteiger partial charge < -0.3 is 20.1 Å². The van der Waals surface area contributed by atoms with Gasteiger partial charge in [0.25, 0.3) is 0 Å². The molecule has 4 fully saturated rings. The zero-order chi connectivity index (χ0) is 32.4. The second kappa shape index (κ2) is 12.0. The van der Waals surface area contributed by atoms with Crippen LogP contribution in [-0.4, -0.2) is 45.6 Å². The standard InChI is InChI=1S/C37H51BrO6/c1-20(2)25(23-9-8-10-24(38)17-23)11-12-26(34(42)43)32-28-18-30(41)33-35(5)15-14-29(40)21(3)27(35)13-16-36(33,6)37(28,7)19-31(32)44-22(4)39/h8-10,17,21,27-31,33,40-41H,11-16,18-19H2,1-7H3,(H,42,43)/t21-,27?,28+,29+,30+,31-,33+,35-,36-,37-/m0/s1. The molecule has 0 radical (unpaired) electrons. The van der Waals surface area contributed by atoms with Gasteiger partial charge >= 0.3 is 11.9 Å². The van der Waals surface area contributed by atoms with Crippen molar-refractivity contribution < 1.29 is 29.6 Å². The molecule has 3 N–H and O–H groups in total. The summed E-state index contributed by atoms with van der Waals surface area (Å²) in [4.78, 5) is 25.6. The molecular formula is C37H51BrO6. The number of hydrogen-bond donors (Lipinski definition) is 3. The number of ether oxygens (including phenoxy) is 1. The number of aliphatic hydroxyl groups is 2. The minimum Gasteiger partial charge on any atom is -0.478 e. The van der Waals surface area contributed by atoms with Gasteiger partial charge in [-0.05, 0) is 134 Å². The maximum Gasteiger partial charge on any atom is 0.331 e. The number of carboxylic acid groups (broad SMARTS) is 1. The van der Waals surface area contributed by atoms with E-state index in [0.717, 1.165) is 46.9 Å².